The quantitative estimate of drug-likeness (QED) is 0.572. The van der Waals surface area contributed by atoms with Crippen LogP contribution in [0, 0.1) is 0 Å². The van der Waals surface area contributed by atoms with E-state index in [0.717, 1.165) is 30.1 Å². The van der Waals surface area contributed by atoms with Crippen molar-refractivity contribution in [2.24, 2.45) is 0 Å². The summed E-state index contributed by atoms with van der Waals surface area (Å²) in [6, 6.07) is 11.6. The van der Waals surface area contributed by atoms with Crippen LogP contribution >= 0.6 is 11.8 Å². The van der Waals surface area contributed by atoms with Gasteiger partial charge in [-0.2, -0.15) is 0 Å². The van der Waals surface area contributed by atoms with E-state index in [2.05, 4.69) is 20.1 Å². The van der Waals surface area contributed by atoms with Crippen LogP contribution in [0.4, 0.5) is 5.69 Å². The zero-order valence-electron chi connectivity index (χ0n) is 16.0. The standard InChI is InChI=1S/C20H21N5O3S/c1-27-17-7-3-2-6-16(17)24-9-11-25(12-10-24)18(26)14-29-20-23-22-19(28-20)15-5-4-8-21-13-15/h2-8,13H,9-12,14H2,1H3. The number of hydrogen-bond acceptors (Lipinski definition) is 8. The minimum absolute atomic E-state index is 0.0656. The Morgan fingerprint density at radius 2 is 1.97 bits per heavy atom. The fraction of sp³-hybridized carbons (Fsp3) is 0.300. The van der Waals surface area contributed by atoms with Gasteiger partial charge in [0.2, 0.25) is 11.8 Å². The number of carbonyl (C=O) groups is 1. The van der Waals surface area contributed by atoms with Crippen molar-refractivity contribution in [3.05, 3.63) is 48.8 Å². The van der Waals surface area contributed by atoms with Gasteiger partial charge in [0.15, 0.2) is 0 Å². The van der Waals surface area contributed by atoms with E-state index in [4.69, 9.17) is 9.15 Å². The van der Waals surface area contributed by atoms with Crippen LogP contribution in [-0.2, 0) is 4.79 Å². The second-order valence-electron chi connectivity index (χ2n) is 6.44. The van der Waals surface area contributed by atoms with Gasteiger partial charge in [0.1, 0.15) is 5.75 Å². The molecule has 0 spiro atoms. The monoisotopic (exact) mass is 411 g/mol. The fourth-order valence-electron chi connectivity index (χ4n) is 3.18. The van der Waals surface area contributed by atoms with Gasteiger partial charge in [-0.05, 0) is 24.3 Å². The van der Waals surface area contributed by atoms with Crippen molar-refractivity contribution in [2.75, 3.05) is 43.9 Å². The number of thioether (sulfide) groups is 1. The van der Waals surface area contributed by atoms with Crippen molar-refractivity contribution in [1.82, 2.24) is 20.1 Å². The number of nitrogens with zero attached hydrogens (tertiary/aromatic N) is 5. The van der Waals surface area contributed by atoms with Crippen LogP contribution in [0.1, 0.15) is 0 Å². The molecule has 0 N–H and O–H groups in total. The molecular formula is C20H21N5O3S. The number of benzene rings is 1. The van der Waals surface area contributed by atoms with E-state index in [1.807, 2.05) is 35.2 Å². The van der Waals surface area contributed by atoms with E-state index >= 15 is 0 Å². The van der Waals surface area contributed by atoms with Gasteiger partial charge in [-0.25, -0.2) is 0 Å². The second kappa shape index (κ2) is 8.95. The van der Waals surface area contributed by atoms with Crippen molar-refractivity contribution < 1.29 is 13.9 Å². The molecule has 1 amide bonds. The summed E-state index contributed by atoms with van der Waals surface area (Å²) in [6.07, 6.45) is 3.34. The number of hydrogen-bond donors (Lipinski definition) is 0. The first-order valence-electron chi connectivity index (χ1n) is 9.27. The van der Waals surface area contributed by atoms with Crippen LogP contribution in [0.15, 0.2) is 58.4 Å². The second-order valence-corrected chi connectivity index (χ2v) is 7.37. The Morgan fingerprint density at radius 3 is 2.72 bits per heavy atom. The highest BCUT2D eigenvalue weighted by Crippen LogP contribution is 2.28. The molecule has 0 saturated carbocycles. The van der Waals surface area contributed by atoms with Gasteiger partial charge in [0, 0.05) is 38.6 Å². The zero-order valence-corrected chi connectivity index (χ0v) is 16.8. The third-order valence-corrected chi connectivity index (χ3v) is 5.50. The van der Waals surface area contributed by atoms with Gasteiger partial charge in [-0.1, -0.05) is 23.9 Å². The van der Waals surface area contributed by atoms with Crippen molar-refractivity contribution in [2.45, 2.75) is 5.22 Å². The number of pyridine rings is 1. The maximum atomic E-state index is 12.6. The predicted molar refractivity (Wildman–Crippen MR) is 110 cm³/mol. The van der Waals surface area contributed by atoms with Crippen molar-refractivity contribution in [3.63, 3.8) is 0 Å². The highest BCUT2D eigenvalue weighted by molar-refractivity contribution is 7.99. The molecule has 0 unspecified atom stereocenters. The Morgan fingerprint density at radius 1 is 1.14 bits per heavy atom. The number of ether oxygens (including phenoxy) is 1. The summed E-state index contributed by atoms with van der Waals surface area (Å²) >= 11 is 1.26. The lowest BCUT2D eigenvalue weighted by atomic mass is 10.2. The fourth-order valence-corrected chi connectivity index (χ4v) is 3.84. The van der Waals surface area contributed by atoms with Gasteiger partial charge >= 0.3 is 0 Å². The molecule has 0 bridgehead atoms. The third kappa shape index (κ3) is 4.51. The lowest BCUT2D eigenvalue weighted by Crippen LogP contribution is -2.49. The Hall–Kier alpha value is -3.07. The SMILES string of the molecule is COc1ccccc1N1CCN(C(=O)CSc2nnc(-c3cccnc3)o2)CC1. The number of piperazine rings is 1. The maximum absolute atomic E-state index is 12.6. The molecule has 1 aliphatic rings. The molecule has 29 heavy (non-hydrogen) atoms. The van der Waals surface area contributed by atoms with E-state index in [1.54, 1.807) is 25.6 Å². The number of amides is 1. The van der Waals surface area contributed by atoms with Crippen LogP contribution in [0.2, 0.25) is 0 Å². The Bertz CT molecular complexity index is 958. The molecule has 4 rings (SSSR count). The van der Waals surface area contributed by atoms with Gasteiger partial charge in [0.05, 0.1) is 24.1 Å². The van der Waals surface area contributed by atoms with Gasteiger partial charge < -0.3 is 19.0 Å². The number of para-hydroxylation sites is 2. The van der Waals surface area contributed by atoms with Crippen LogP contribution < -0.4 is 9.64 Å². The van der Waals surface area contributed by atoms with E-state index in [0.29, 0.717) is 24.2 Å². The Balaban J connectivity index is 1.29. The minimum Gasteiger partial charge on any atom is -0.495 e. The highest BCUT2D eigenvalue weighted by atomic mass is 32.2. The molecule has 1 saturated heterocycles. The molecule has 1 aromatic carbocycles. The number of carbonyl (C=O) groups excluding carboxylic acids is 1. The number of rotatable bonds is 6. The van der Waals surface area contributed by atoms with Crippen LogP contribution in [0.3, 0.4) is 0 Å². The molecular weight excluding hydrogens is 390 g/mol. The van der Waals surface area contributed by atoms with Crippen molar-refractivity contribution in [1.29, 1.82) is 0 Å². The summed E-state index contributed by atoms with van der Waals surface area (Å²) in [5.41, 5.74) is 1.82. The molecule has 150 valence electrons. The highest BCUT2D eigenvalue weighted by Gasteiger charge is 2.23. The maximum Gasteiger partial charge on any atom is 0.277 e. The lowest BCUT2D eigenvalue weighted by Gasteiger charge is -2.36. The number of aromatic nitrogens is 3. The summed E-state index contributed by atoms with van der Waals surface area (Å²) < 4.78 is 11.1. The van der Waals surface area contributed by atoms with Gasteiger partial charge in [0.25, 0.3) is 5.22 Å². The van der Waals surface area contributed by atoms with Crippen molar-refractivity contribution in [3.8, 4) is 17.2 Å². The molecule has 3 aromatic rings. The minimum atomic E-state index is 0.0656. The average molecular weight is 411 g/mol. The Labute approximate surface area is 172 Å². The molecule has 9 heteroatoms. The van der Waals surface area contributed by atoms with E-state index in [-0.39, 0.29) is 11.7 Å². The molecule has 1 fully saturated rings. The molecule has 8 nitrogen and oxygen atoms in total. The van der Waals surface area contributed by atoms with E-state index in [9.17, 15) is 4.79 Å². The van der Waals surface area contributed by atoms with Crippen LogP contribution in [-0.4, -0.2) is 65.0 Å². The largest absolute Gasteiger partial charge is 0.495 e. The lowest BCUT2D eigenvalue weighted by molar-refractivity contribution is -0.128. The predicted octanol–water partition coefficient (Wildman–Crippen LogP) is 2.58. The smallest absolute Gasteiger partial charge is 0.277 e. The average Bonchev–Trinajstić information content (AvgIpc) is 3.27. The van der Waals surface area contributed by atoms with Gasteiger partial charge in [-0.15, -0.1) is 10.2 Å². The molecule has 0 atom stereocenters. The first-order valence-corrected chi connectivity index (χ1v) is 10.3. The first kappa shape index (κ1) is 19.3. The van der Waals surface area contributed by atoms with E-state index < -0.39 is 0 Å². The van der Waals surface area contributed by atoms with Gasteiger partial charge in [-0.3, -0.25) is 9.78 Å². The van der Waals surface area contributed by atoms with Crippen LogP contribution in [0.5, 0.6) is 5.75 Å². The van der Waals surface area contributed by atoms with Crippen molar-refractivity contribution >= 4 is 23.4 Å². The summed E-state index contributed by atoms with van der Waals surface area (Å²) in [4.78, 5) is 20.7. The molecule has 1 aliphatic heterocycles. The third-order valence-electron chi connectivity index (χ3n) is 4.69. The zero-order chi connectivity index (χ0) is 20.1. The van der Waals surface area contributed by atoms with E-state index in [1.165, 1.54) is 11.8 Å². The summed E-state index contributed by atoms with van der Waals surface area (Å²) in [5, 5.41) is 8.40. The first-order chi connectivity index (χ1) is 14.2. The normalized spacial score (nSPS) is 14.1. The molecule has 0 radical (unpaired) electrons. The summed E-state index contributed by atoms with van der Waals surface area (Å²) in [6.45, 7) is 2.87. The molecule has 3 heterocycles. The number of methoxy groups -OCH3 is 1. The topological polar surface area (TPSA) is 84.6 Å². The molecule has 2 aromatic heterocycles. The molecule has 0 aliphatic carbocycles. The summed E-state index contributed by atoms with van der Waals surface area (Å²) in [5.74, 6) is 1.58. The summed E-state index contributed by atoms with van der Waals surface area (Å²) in [7, 11) is 1.67. The Kier molecular flexibility index (Phi) is 5.95. The van der Waals surface area contributed by atoms with Crippen LogP contribution in [0.25, 0.3) is 11.5 Å². The number of anilines is 1.